The van der Waals surface area contributed by atoms with Gasteiger partial charge in [-0.25, -0.2) is 5.32 Å². The van der Waals surface area contributed by atoms with Gasteiger partial charge in [-0.3, -0.25) is 4.98 Å². The average molecular weight is 226 g/mol. The highest BCUT2D eigenvalue weighted by Crippen LogP contribution is 2.12. The molecule has 1 N–H and O–H groups in total. The van der Waals surface area contributed by atoms with E-state index in [-0.39, 0.29) is 0 Å². The fourth-order valence-electron chi connectivity index (χ4n) is 2.21. The SMILES string of the molecule is c1ccc2nc(CNC3CC[N]C3)ccc2c1. The molecule has 1 saturated heterocycles. The normalized spacial score (nSPS) is 19.9. The van der Waals surface area contributed by atoms with Crippen molar-refractivity contribution in [2.24, 2.45) is 0 Å². The Hall–Kier alpha value is -1.45. The molecule has 1 aliphatic heterocycles. The number of benzene rings is 1. The third kappa shape index (κ3) is 2.46. The molecule has 3 heteroatoms. The molecule has 1 radical (unpaired) electrons. The van der Waals surface area contributed by atoms with Crippen molar-refractivity contribution in [1.82, 2.24) is 15.6 Å². The summed E-state index contributed by atoms with van der Waals surface area (Å²) in [7, 11) is 0. The lowest BCUT2D eigenvalue weighted by atomic mass is 10.2. The van der Waals surface area contributed by atoms with Crippen molar-refractivity contribution >= 4 is 10.9 Å². The zero-order chi connectivity index (χ0) is 11.5. The molecule has 1 aliphatic rings. The maximum Gasteiger partial charge on any atom is 0.0705 e. The van der Waals surface area contributed by atoms with Gasteiger partial charge in [-0.1, -0.05) is 24.3 Å². The first kappa shape index (κ1) is 10.7. The smallest absolute Gasteiger partial charge is 0.0705 e. The molecule has 0 aliphatic carbocycles. The summed E-state index contributed by atoms with van der Waals surface area (Å²) in [5.41, 5.74) is 2.18. The molecule has 0 spiro atoms. The number of aromatic nitrogens is 1. The minimum absolute atomic E-state index is 0.545. The predicted molar refractivity (Wildman–Crippen MR) is 68.9 cm³/mol. The topological polar surface area (TPSA) is 39.0 Å². The molecule has 3 rings (SSSR count). The lowest BCUT2D eigenvalue weighted by molar-refractivity contribution is 0.542. The molecule has 2 aromatic rings. The summed E-state index contributed by atoms with van der Waals surface area (Å²) >= 11 is 0. The zero-order valence-corrected chi connectivity index (χ0v) is 9.76. The van der Waals surface area contributed by atoms with E-state index in [1.807, 2.05) is 12.1 Å². The van der Waals surface area contributed by atoms with Crippen molar-refractivity contribution in [3.05, 3.63) is 42.1 Å². The van der Waals surface area contributed by atoms with Gasteiger partial charge < -0.3 is 5.32 Å². The Kier molecular flexibility index (Phi) is 3.03. The molecule has 0 saturated carbocycles. The second-order valence-electron chi connectivity index (χ2n) is 4.49. The van der Waals surface area contributed by atoms with E-state index in [1.54, 1.807) is 0 Å². The van der Waals surface area contributed by atoms with E-state index in [4.69, 9.17) is 0 Å². The average Bonchev–Trinajstić information content (AvgIpc) is 2.89. The molecule has 2 heterocycles. The number of rotatable bonds is 3. The van der Waals surface area contributed by atoms with Crippen LogP contribution in [0.25, 0.3) is 10.9 Å². The van der Waals surface area contributed by atoms with Gasteiger partial charge in [0.05, 0.1) is 11.2 Å². The molecular weight excluding hydrogens is 210 g/mol. The van der Waals surface area contributed by atoms with Gasteiger partial charge in [0, 0.05) is 31.1 Å². The molecule has 1 atom stereocenters. The van der Waals surface area contributed by atoms with Gasteiger partial charge in [-0.2, -0.15) is 0 Å². The summed E-state index contributed by atoms with van der Waals surface area (Å²) in [6.45, 7) is 2.79. The van der Waals surface area contributed by atoms with Gasteiger partial charge in [0.2, 0.25) is 0 Å². The first-order valence-corrected chi connectivity index (χ1v) is 6.13. The molecule has 1 aromatic carbocycles. The number of fused-ring (bicyclic) bond motifs is 1. The Bertz CT molecular complexity index is 504. The number of hydrogen-bond donors (Lipinski definition) is 1. The van der Waals surface area contributed by atoms with Crippen molar-refractivity contribution in [2.45, 2.75) is 19.0 Å². The van der Waals surface area contributed by atoms with Crippen LogP contribution in [0.15, 0.2) is 36.4 Å². The largest absolute Gasteiger partial charge is 0.307 e. The van der Waals surface area contributed by atoms with Gasteiger partial charge >= 0.3 is 0 Å². The number of hydrogen-bond acceptors (Lipinski definition) is 2. The third-order valence-corrected chi connectivity index (χ3v) is 3.21. The third-order valence-electron chi connectivity index (χ3n) is 3.21. The van der Waals surface area contributed by atoms with Gasteiger partial charge in [0.1, 0.15) is 0 Å². The van der Waals surface area contributed by atoms with Gasteiger partial charge in [-0.05, 0) is 18.6 Å². The Balaban J connectivity index is 1.72. The first-order valence-electron chi connectivity index (χ1n) is 6.13. The monoisotopic (exact) mass is 226 g/mol. The van der Waals surface area contributed by atoms with Crippen LogP contribution in [0.5, 0.6) is 0 Å². The van der Waals surface area contributed by atoms with Crippen LogP contribution in [0.2, 0.25) is 0 Å². The fraction of sp³-hybridized carbons (Fsp3) is 0.357. The van der Waals surface area contributed by atoms with E-state index < -0.39 is 0 Å². The molecule has 1 unspecified atom stereocenters. The number of para-hydroxylation sites is 1. The minimum Gasteiger partial charge on any atom is -0.307 e. The minimum atomic E-state index is 0.545. The van der Waals surface area contributed by atoms with E-state index in [2.05, 4.69) is 39.9 Å². The predicted octanol–water partition coefficient (Wildman–Crippen LogP) is 1.70. The maximum absolute atomic E-state index is 4.64. The number of nitrogens with one attached hydrogen (secondary N) is 1. The fourth-order valence-corrected chi connectivity index (χ4v) is 2.21. The molecule has 1 fully saturated rings. The van der Waals surface area contributed by atoms with Crippen LogP contribution in [0, 0.1) is 0 Å². The lowest BCUT2D eigenvalue weighted by Gasteiger charge is -2.10. The second kappa shape index (κ2) is 4.82. The Morgan fingerprint density at radius 3 is 3.00 bits per heavy atom. The van der Waals surface area contributed by atoms with Crippen LogP contribution < -0.4 is 10.6 Å². The molecular formula is C14H16N3. The molecule has 0 amide bonds. The van der Waals surface area contributed by atoms with E-state index >= 15 is 0 Å². The van der Waals surface area contributed by atoms with Gasteiger partial charge in [-0.15, -0.1) is 0 Å². The van der Waals surface area contributed by atoms with Crippen molar-refractivity contribution in [1.29, 1.82) is 0 Å². The lowest BCUT2D eigenvalue weighted by Crippen LogP contribution is -2.29. The summed E-state index contributed by atoms with van der Waals surface area (Å²) in [6.07, 6.45) is 1.16. The first-order chi connectivity index (χ1) is 8.42. The molecule has 17 heavy (non-hydrogen) atoms. The quantitative estimate of drug-likeness (QED) is 0.865. The van der Waals surface area contributed by atoms with Gasteiger partial charge in [0.15, 0.2) is 0 Å². The number of nitrogens with zero attached hydrogens (tertiary/aromatic N) is 2. The highest BCUT2D eigenvalue weighted by Gasteiger charge is 2.14. The van der Waals surface area contributed by atoms with Crippen LogP contribution in [0.3, 0.4) is 0 Å². The summed E-state index contributed by atoms with van der Waals surface area (Å²) < 4.78 is 0. The maximum atomic E-state index is 4.64. The Morgan fingerprint density at radius 2 is 2.12 bits per heavy atom. The van der Waals surface area contributed by atoms with Crippen LogP contribution in [0.4, 0.5) is 0 Å². The summed E-state index contributed by atoms with van der Waals surface area (Å²) in [5.74, 6) is 0. The molecule has 3 nitrogen and oxygen atoms in total. The van der Waals surface area contributed by atoms with Crippen molar-refractivity contribution < 1.29 is 0 Å². The highest BCUT2D eigenvalue weighted by molar-refractivity contribution is 5.78. The standard InChI is InChI=1S/C14H16N3/c1-2-4-14-11(3-1)5-6-13(17-14)10-16-12-7-8-15-9-12/h1-6,12,16H,7-10H2. The summed E-state index contributed by atoms with van der Waals surface area (Å²) in [4.78, 5) is 4.64. The van der Waals surface area contributed by atoms with Crippen LogP contribution in [-0.4, -0.2) is 24.1 Å². The van der Waals surface area contributed by atoms with Crippen molar-refractivity contribution in [2.75, 3.05) is 13.1 Å². The van der Waals surface area contributed by atoms with Crippen molar-refractivity contribution in [3.63, 3.8) is 0 Å². The molecule has 1 aromatic heterocycles. The van der Waals surface area contributed by atoms with Gasteiger partial charge in [0.25, 0.3) is 0 Å². The highest BCUT2D eigenvalue weighted by atomic mass is 15.0. The van der Waals surface area contributed by atoms with E-state index in [9.17, 15) is 0 Å². The van der Waals surface area contributed by atoms with Crippen LogP contribution >= 0.6 is 0 Å². The molecule has 87 valence electrons. The van der Waals surface area contributed by atoms with Crippen molar-refractivity contribution in [3.8, 4) is 0 Å². The Morgan fingerprint density at radius 1 is 1.18 bits per heavy atom. The Labute approximate surface area is 101 Å². The van der Waals surface area contributed by atoms with Crippen LogP contribution in [-0.2, 0) is 6.54 Å². The summed E-state index contributed by atoms with van der Waals surface area (Å²) in [5, 5.41) is 9.05. The zero-order valence-electron chi connectivity index (χ0n) is 9.76. The number of pyridine rings is 1. The van der Waals surface area contributed by atoms with E-state index in [0.29, 0.717) is 6.04 Å². The summed E-state index contributed by atoms with van der Waals surface area (Å²) in [6, 6.07) is 13.0. The van der Waals surface area contributed by atoms with E-state index in [1.165, 1.54) is 5.39 Å². The van der Waals surface area contributed by atoms with Crippen LogP contribution in [0.1, 0.15) is 12.1 Å². The second-order valence-corrected chi connectivity index (χ2v) is 4.49. The van der Waals surface area contributed by atoms with E-state index in [0.717, 1.165) is 37.3 Å². The molecule has 0 bridgehead atoms.